The number of H-pyrrole nitrogens is 1. The van der Waals surface area contributed by atoms with E-state index in [-0.39, 0.29) is 0 Å². The minimum absolute atomic E-state index is 0.333. The van der Waals surface area contributed by atoms with Crippen LogP contribution in [0.25, 0.3) is 0 Å². The summed E-state index contributed by atoms with van der Waals surface area (Å²) in [5.41, 5.74) is 0. The number of aromatic nitrogens is 4. The Hall–Kier alpha value is -1.69. The summed E-state index contributed by atoms with van der Waals surface area (Å²) < 4.78 is 5.40. The zero-order valence-corrected chi connectivity index (χ0v) is 12.6. The van der Waals surface area contributed by atoms with Gasteiger partial charge in [-0.15, -0.1) is 0 Å². The second-order valence-electron chi connectivity index (χ2n) is 5.66. The number of piperidine rings is 1. The lowest BCUT2D eigenvalue weighted by atomic mass is 10.0. The molecule has 6 heteroatoms. The molecule has 2 aromatic heterocycles. The summed E-state index contributed by atoms with van der Waals surface area (Å²) in [6.07, 6.45) is 10.5. The highest BCUT2D eigenvalue weighted by molar-refractivity contribution is 4.99. The first-order valence-corrected chi connectivity index (χ1v) is 7.91. The quantitative estimate of drug-likeness (QED) is 0.885. The van der Waals surface area contributed by atoms with Gasteiger partial charge in [-0.05, 0) is 25.8 Å². The molecule has 1 atom stereocenters. The van der Waals surface area contributed by atoms with Gasteiger partial charge in [-0.3, -0.25) is 4.90 Å². The minimum Gasteiger partial charge on any atom is -0.347 e. The van der Waals surface area contributed by atoms with Gasteiger partial charge in [0, 0.05) is 18.8 Å². The van der Waals surface area contributed by atoms with E-state index in [1.54, 1.807) is 0 Å². The topological polar surface area (TPSA) is 70.8 Å². The van der Waals surface area contributed by atoms with Crippen LogP contribution in [0, 0.1) is 0 Å². The fraction of sp³-hybridized carbons (Fsp3) is 0.667. The standard InChI is InChI=1S/C15H23N5O/c1-2-3-7-13-18-14(21-19-13)11-20-10-5-4-6-12(20)15-16-8-9-17-15/h8-9,12H,2-7,10-11H2,1H3,(H,16,17). The molecule has 0 amide bonds. The lowest BCUT2D eigenvalue weighted by Gasteiger charge is -2.33. The van der Waals surface area contributed by atoms with Crippen LogP contribution < -0.4 is 0 Å². The molecule has 3 heterocycles. The molecular formula is C15H23N5O. The van der Waals surface area contributed by atoms with Crippen molar-refractivity contribution in [2.24, 2.45) is 0 Å². The van der Waals surface area contributed by atoms with Crippen LogP contribution in [0.15, 0.2) is 16.9 Å². The van der Waals surface area contributed by atoms with Crippen molar-refractivity contribution in [1.82, 2.24) is 25.0 Å². The maximum Gasteiger partial charge on any atom is 0.240 e. The minimum atomic E-state index is 0.333. The van der Waals surface area contributed by atoms with E-state index in [2.05, 4.69) is 31.9 Å². The molecule has 1 saturated heterocycles. The van der Waals surface area contributed by atoms with Gasteiger partial charge in [-0.25, -0.2) is 4.98 Å². The molecule has 0 saturated carbocycles. The zero-order valence-electron chi connectivity index (χ0n) is 12.6. The Morgan fingerprint density at radius 1 is 1.43 bits per heavy atom. The molecule has 0 aromatic carbocycles. The number of imidazole rings is 1. The number of nitrogens with one attached hydrogen (secondary N) is 1. The van der Waals surface area contributed by atoms with Gasteiger partial charge in [-0.2, -0.15) is 4.98 Å². The summed E-state index contributed by atoms with van der Waals surface area (Å²) >= 11 is 0. The number of rotatable bonds is 6. The van der Waals surface area contributed by atoms with Crippen molar-refractivity contribution in [3.63, 3.8) is 0 Å². The largest absolute Gasteiger partial charge is 0.347 e. The number of nitrogens with zero attached hydrogens (tertiary/aromatic N) is 4. The van der Waals surface area contributed by atoms with Crippen molar-refractivity contribution < 1.29 is 4.52 Å². The third-order valence-corrected chi connectivity index (χ3v) is 4.05. The number of hydrogen-bond donors (Lipinski definition) is 1. The first-order valence-electron chi connectivity index (χ1n) is 7.91. The van der Waals surface area contributed by atoms with Crippen molar-refractivity contribution in [2.45, 2.75) is 58.0 Å². The monoisotopic (exact) mass is 289 g/mol. The lowest BCUT2D eigenvalue weighted by Crippen LogP contribution is -2.33. The first kappa shape index (κ1) is 14.3. The van der Waals surface area contributed by atoms with Crippen LogP contribution in [-0.2, 0) is 13.0 Å². The average Bonchev–Trinajstić information content (AvgIpc) is 3.17. The molecule has 2 aromatic rings. The van der Waals surface area contributed by atoms with Gasteiger partial charge in [-0.1, -0.05) is 24.9 Å². The highest BCUT2D eigenvalue weighted by Crippen LogP contribution is 2.29. The van der Waals surface area contributed by atoms with Gasteiger partial charge in [0.1, 0.15) is 5.82 Å². The molecule has 1 unspecified atom stereocenters. The average molecular weight is 289 g/mol. The summed E-state index contributed by atoms with van der Waals surface area (Å²) in [6.45, 7) is 3.94. The van der Waals surface area contributed by atoms with E-state index in [0.717, 1.165) is 49.8 Å². The van der Waals surface area contributed by atoms with Gasteiger partial charge >= 0.3 is 0 Å². The van der Waals surface area contributed by atoms with Gasteiger partial charge in [0.2, 0.25) is 5.89 Å². The maximum atomic E-state index is 5.40. The van der Waals surface area contributed by atoms with Crippen molar-refractivity contribution in [3.05, 3.63) is 29.9 Å². The molecule has 1 aliphatic heterocycles. The highest BCUT2D eigenvalue weighted by Gasteiger charge is 2.27. The van der Waals surface area contributed by atoms with Crippen LogP contribution in [-0.4, -0.2) is 31.6 Å². The summed E-state index contributed by atoms with van der Waals surface area (Å²) in [5.74, 6) is 2.60. The summed E-state index contributed by atoms with van der Waals surface area (Å²) in [6, 6.07) is 0.333. The van der Waals surface area contributed by atoms with Crippen LogP contribution in [0.2, 0.25) is 0 Å². The molecular weight excluding hydrogens is 266 g/mol. The molecule has 114 valence electrons. The normalized spacial score (nSPS) is 20.0. The zero-order chi connectivity index (χ0) is 14.5. The molecule has 21 heavy (non-hydrogen) atoms. The van der Waals surface area contributed by atoms with Gasteiger partial charge < -0.3 is 9.51 Å². The molecule has 0 spiro atoms. The highest BCUT2D eigenvalue weighted by atomic mass is 16.5. The van der Waals surface area contributed by atoms with Gasteiger partial charge in [0.05, 0.1) is 12.6 Å². The number of hydrogen-bond acceptors (Lipinski definition) is 5. The van der Waals surface area contributed by atoms with E-state index < -0.39 is 0 Å². The van der Waals surface area contributed by atoms with Crippen molar-refractivity contribution in [3.8, 4) is 0 Å². The van der Waals surface area contributed by atoms with Crippen LogP contribution in [0.1, 0.15) is 62.6 Å². The van der Waals surface area contributed by atoms with E-state index in [0.29, 0.717) is 12.6 Å². The fourth-order valence-electron chi connectivity index (χ4n) is 2.91. The Balaban J connectivity index is 1.65. The van der Waals surface area contributed by atoms with E-state index in [9.17, 15) is 0 Å². The van der Waals surface area contributed by atoms with E-state index in [1.165, 1.54) is 12.8 Å². The van der Waals surface area contributed by atoms with Crippen LogP contribution >= 0.6 is 0 Å². The van der Waals surface area contributed by atoms with Crippen molar-refractivity contribution in [1.29, 1.82) is 0 Å². The van der Waals surface area contributed by atoms with Crippen molar-refractivity contribution in [2.75, 3.05) is 6.54 Å². The first-order chi connectivity index (χ1) is 10.4. The van der Waals surface area contributed by atoms with Crippen LogP contribution in [0.5, 0.6) is 0 Å². The Morgan fingerprint density at radius 3 is 3.19 bits per heavy atom. The molecule has 1 N–H and O–H groups in total. The number of aromatic amines is 1. The second kappa shape index (κ2) is 6.85. The maximum absolute atomic E-state index is 5.40. The predicted octanol–water partition coefficient (Wildman–Crippen LogP) is 2.86. The number of unbranched alkanes of at least 4 members (excludes halogenated alkanes) is 1. The Morgan fingerprint density at radius 2 is 2.38 bits per heavy atom. The Labute approximate surface area is 125 Å². The van der Waals surface area contributed by atoms with Gasteiger partial charge in [0.25, 0.3) is 0 Å². The number of likely N-dealkylation sites (tertiary alicyclic amines) is 1. The molecule has 0 aliphatic carbocycles. The lowest BCUT2D eigenvalue weighted by molar-refractivity contribution is 0.118. The van der Waals surface area contributed by atoms with E-state index in [1.807, 2.05) is 12.4 Å². The molecule has 1 fully saturated rings. The smallest absolute Gasteiger partial charge is 0.240 e. The van der Waals surface area contributed by atoms with E-state index >= 15 is 0 Å². The summed E-state index contributed by atoms with van der Waals surface area (Å²) in [7, 11) is 0. The SMILES string of the molecule is CCCCc1noc(CN2CCCCC2c2ncc[nH]2)n1. The molecule has 1 aliphatic rings. The fourth-order valence-corrected chi connectivity index (χ4v) is 2.91. The summed E-state index contributed by atoms with van der Waals surface area (Å²) in [4.78, 5) is 14.5. The molecule has 0 radical (unpaired) electrons. The third kappa shape index (κ3) is 3.50. The second-order valence-corrected chi connectivity index (χ2v) is 5.66. The molecule has 3 rings (SSSR count). The predicted molar refractivity (Wildman–Crippen MR) is 78.5 cm³/mol. The van der Waals surface area contributed by atoms with Crippen LogP contribution in [0.4, 0.5) is 0 Å². The number of aryl methyl sites for hydroxylation is 1. The molecule has 0 bridgehead atoms. The Bertz CT molecular complexity index is 536. The van der Waals surface area contributed by atoms with E-state index in [4.69, 9.17) is 4.52 Å². The summed E-state index contributed by atoms with van der Waals surface area (Å²) in [5, 5.41) is 4.07. The molecule has 6 nitrogen and oxygen atoms in total. The van der Waals surface area contributed by atoms with Gasteiger partial charge in [0.15, 0.2) is 5.82 Å². The van der Waals surface area contributed by atoms with Crippen molar-refractivity contribution >= 4 is 0 Å². The van der Waals surface area contributed by atoms with Crippen LogP contribution in [0.3, 0.4) is 0 Å². The third-order valence-electron chi connectivity index (χ3n) is 4.05. The Kier molecular flexibility index (Phi) is 4.65.